The number of rotatable bonds is 7. The van der Waals surface area contributed by atoms with E-state index in [1.54, 1.807) is 0 Å². The molecular formula is C52H35NO. The minimum absolute atomic E-state index is 0.880. The van der Waals surface area contributed by atoms with Crippen molar-refractivity contribution in [2.45, 2.75) is 0 Å². The molecule has 2 nitrogen and oxygen atoms in total. The molecule has 0 fully saturated rings. The second-order valence-electron chi connectivity index (χ2n) is 13.8. The third-order valence-corrected chi connectivity index (χ3v) is 10.4. The van der Waals surface area contributed by atoms with Crippen LogP contribution in [0.15, 0.2) is 217 Å². The monoisotopic (exact) mass is 689 g/mol. The highest BCUT2D eigenvalue weighted by Gasteiger charge is 2.16. The van der Waals surface area contributed by atoms with Gasteiger partial charge in [-0.1, -0.05) is 152 Å². The predicted octanol–water partition coefficient (Wildman–Crippen LogP) is 14.9. The Balaban J connectivity index is 1.03. The van der Waals surface area contributed by atoms with Gasteiger partial charge in [0, 0.05) is 28.0 Å². The fourth-order valence-corrected chi connectivity index (χ4v) is 7.70. The molecule has 0 radical (unpaired) electrons. The molecule has 10 aromatic rings. The molecule has 54 heavy (non-hydrogen) atoms. The molecule has 0 aliphatic heterocycles. The molecule has 0 saturated carbocycles. The molecule has 9 aromatic carbocycles. The van der Waals surface area contributed by atoms with Crippen molar-refractivity contribution >= 4 is 49.6 Å². The number of benzene rings is 9. The zero-order chi connectivity index (χ0) is 35.8. The van der Waals surface area contributed by atoms with Crippen LogP contribution in [0.4, 0.5) is 17.1 Å². The molecule has 0 aliphatic rings. The predicted molar refractivity (Wildman–Crippen MR) is 228 cm³/mol. The molecular weight excluding hydrogens is 655 g/mol. The summed E-state index contributed by atoms with van der Waals surface area (Å²) in [5, 5.41) is 5.99. The van der Waals surface area contributed by atoms with Crippen LogP contribution in [-0.4, -0.2) is 0 Å². The van der Waals surface area contributed by atoms with Crippen LogP contribution in [0.3, 0.4) is 0 Å². The van der Waals surface area contributed by atoms with Crippen molar-refractivity contribution in [2.24, 2.45) is 0 Å². The van der Waals surface area contributed by atoms with Crippen LogP contribution in [0.5, 0.6) is 0 Å². The third-order valence-electron chi connectivity index (χ3n) is 10.4. The second-order valence-corrected chi connectivity index (χ2v) is 13.8. The molecule has 0 amide bonds. The first-order chi connectivity index (χ1) is 26.7. The van der Waals surface area contributed by atoms with E-state index in [9.17, 15) is 0 Å². The average Bonchev–Trinajstić information content (AvgIpc) is 3.69. The molecule has 0 N–H and O–H groups in total. The summed E-state index contributed by atoms with van der Waals surface area (Å²) in [6.07, 6.45) is 0. The molecule has 1 heterocycles. The van der Waals surface area contributed by atoms with E-state index in [-0.39, 0.29) is 0 Å². The minimum Gasteiger partial charge on any atom is -0.456 e. The third kappa shape index (κ3) is 5.90. The van der Waals surface area contributed by atoms with Crippen LogP contribution in [0.25, 0.3) is 77.2 Å². The summed E-state index contributed by atoms with van der Waals surface area (Å²) in [5.74, 6) is 0.880. The van der Waals surface area contributed by atoms with Crippen LogP contribution in [-0.2, 0) is 0 Å². The number of hydrogen-bond acceptors (Lipinski definition) is 2. The molecule has 0 bridgehead atoms. The van der Waals surface area contributed by atoms with Gasteiger partial charge in [0.05, 0.1) is 0 Å². The lowest BCUT2D eigenvalue weighted by Gasteiger charge is -2.27. The summed E-state index contributed by atoms with van der Waals surface area (Å²) in [6, 6.07) is 76.0. The highest BCUT2D eigenvalue weighted by atomic mass is 16.3. The summed E-state index contributed by atoms with van der Waals surface area (Å²) in [5.41, 5.74) is 12.4. The Morgan fingerprint density at radius 3 is 1.76 bits per heavy atom. The normalized spacial score (nSPS) is 11.3. The summed E-state index contributed by atoms with van der Waals surface area (Å²) >= 11 is 0. The molecule has 0 saturated heterocycles. The lowest BCUT2D eigenvalue weighted by molar-refractivity contribution is 0.631. The Morgan fingerprint density at radius 2 is 0.889 bits per heavy atom. The number of anilines is 3. The lowest BCUT2D eigenvalue weighted by Crippen LogP contribution is -2.10. The summed E-state index contributed by atoms with van der Waals surface area (Å²) in [7, 11) is 0. The van der Waals surface area contributed by atoms with Crippen LogP contribution in [0.1, 0.15) is 0 Å². The SMILES string of the molecule is c1ccc(-c2cccc(N(c3ccc(-c4cccc5ccccc45)cc3)c3ccc4cc(-c5cccc(-c6cc7ccccc7o6)c5)ccc4c3)c2)cc1. The van der Waals surface area contributed by atoms with Crippen LogP contribution < -0.4 is 4.90 Å². The van der Waals surface area contributed by atoms with E-state index < -0.39 is 0 Å². The van der Waals surface area contributed by atoms with E-state index in [4.69, 9.17) is 4.42 Å². The first-order valence-electron chi connectivity index (χ1n) is 18.4. The standard InChI is InChI=1S/C52H35NO/c1-2-11-36(12-3-1)40-17-9-19-47(33-40)53(46-28-25-38(26-29-46)50-21-10-15-37-13-4-6-20-49(37)50)48-30-27-42-31-41(23-24-43(42)34-48)39-16-8-18-44(32-39)52-35-45-14-5-7-22-51(45)54-52/h1-35H. The Hall–Kier alpha value is -7.16. The van der Waals surface area contributed by atoms with Gasteiger partial charge in [0.25, 0.3) is 0 Å². The maximum Gasteiger partial charge on any atom is 0.135 e. The number of hydrogen-bond donors (Lipinski definition) is 0. The molecule has 0 aliphatic carbocycles. The van der Waals surface area contributed by atoms with Gasteiger partial charge in [0.15, 0.2) is 0 Å². The van der Waals surface area contributed by atoms with Gasteiger partial charge in [-0.2, -0.15) is 0 Å². The fourth-order valence-electron chi connectivity index (χ4n) is 7.70. The van der Waals surface area contributed by atoms with Crippen molar-refractivity contribution in [3.8, 4) is 44.7 Å². The quantitative estimate of drug-likeness (QED) is 0.166. The number of para-hydroxylation sites is 1. The van der Waals surface area contributed by atoms with Gasteiger partial charge in [-0.05, 0) is 116 Å². The van der Waals surface area contributed by atoms with Gasteiger partial charge >= 0.3 is 0 Å². The van der Waals surface area contributed by atoms with E-state index in [0.29, 0.717) is 0 Å². The zero-order valence-electron chi connectivity index (χ0n) is 29.6. The summed E-state index contributed by atoms with van der Waals surface area (Å²) in [6.45, 7) is 0. The second kappa shape index (κ2) is 13.4. The number of nitrogens with zero attached hydrogens (tertiary/aromatic N) is 1. The molecule has 0 unspecified atom stereocenters. The van der Waals surface area contributed by atoms with E-state index in [1.807, 2.05) is 18.2 Å². The minimum atomic E-state index is 0.880. The van der Waals surface area contributed by atoms with Crippen molar-refractivity contribution in [3.05, 3.63) is 212 Å². The van der Waals surface area contributed by atoms with Crippen molar-refractivity contribution < 1.29 is 4.42 Å². The van der Waals surface area contributed by atoms with Gasteiger partial charge in [-0.15, -0.1) is 0 Å². The highest BCUT2D eigenvalue weighted by Crippen LogP contribution is 2.40. The molecule has 2 heteroatoms. The van der Waals surface area contributed by atoms with Crippen molar-refractivity contribution in [1.82, 2.24) is 0 Å². The van der Waals surface area contributed by atoms with Crippen LogP contribution in [0.2, 0.25) is 0 Å². The van der Waals surface area contributed by atoms with Crippen LogP contribution >= 0.6 is 0 Å². The van der Waals surface area contributed by atoms with Crippen molar-refractivity contribution in [1.29, 1.82) is 0 Å². The first-order valence-corrected chi connectivity index (χ1v) is 18.4. The summed E-state index contributed by atoms with van der Waals surface area (Å²) in [4.78, 5) is 2.36. The Morgan fingerprint density at radius 1 is 0.296 bits per heavy atom. The van der Waals surface area contributed by atoms with E-state index in [2.05, 4.69) is 199 Å². The van der Waals surface area contributed by atoms with Gasteiger partial charge in [-0.3, -0.25) is 0 Å². The molecule has 254 valence electrons. The molecule has 10 rings (SSSR count). The van der Waals surface area contributed by atoms with Crippen LogP contribution in [0, 0.1) is 0 Å². The first kappa shape index (κ1) is 31.6. The topological polar surface area (TPSA) is 16.4 Å². The van der Waals surface area contributed by atoms with Gasteiger partial charge < -0.3 is 9.32 Å². The molecule has 0 atom stereocenters. The zero-order valence-corrected chi connectivity index (χ0v) is 29.6. The lowest BCUT2D eigenvalue weighted by atomic mass is 9.97. The Labute approximate surface area is 314 Å². The van der Waals surface area contributed by atoms with Crippen molar-refractivity contribution in [2.75, 3.05) is 4.90 Å². The maximum absolute atomic E-state index is 6.20. The number of fused-ring (bicyclic) bond motifs is 3. The molecule has 0 spiro atoms. The van der Waals surface area contributed by atoms with Crippen molar-refractivity contribution in [3.63, 3.8) is 0 Å². The smallest absolute Gasteiger partial charge is 0.135 e. The van der Waals surface area contributed by atoms with E-state index >= 15 is 0 Å². The Kier molecular flexibility index (Phi) is 7.85. The summed E-state index contributed by atoms with van der Waals surface area (Å²) < 4.78 is 6.20. The number of furan rings is 1. The van der Waals surface area contributed by atoms with Gasteiger partial charge in [0.1, 0.15) is 11.3 Å². The largest absolute Gasteiger partial charge is 0.456 e. The highest BCUT2D eigenvalue weighted by molar-refractivity contribution is 5.97. The Bertz CT molecular complexity index is 2900. The van der Waals surface area contributed by atoms with Gasteiger partial charge in [-0.25, -0.2) is 0 Å². The maximum atomic E-state index is 6.20. The van der Waals surface area contributed by atoms with E-state index in [1.165, 1.54) is 49.4 Å². The molecule has 1 aromatic heterocycles. The van der Waals surface area contributed by atoms with Gasteiger partial charge in [0.2, 0.25) is 0 Å². The van der Waals surface area contributed by atoms with E-state index in [0.717, 1.165) is 44.9 Å². The average molecular weight is 690 g/mol. The fraction of sp³-hybridized carbons (Fsp3) is 0.